The van der Waals surface area contributed by atoms with Crippen LogP contribution in [0.2, 0.25) is 10.6 Å². The van der Waals surface area contributed by atoms with Crippen LogP contribution in [0.25, 0.3) is 0 Å². The lowest BCUT2D eigenvalue weighted by atomic mass is 10.2. The molecule has 0 radical (unpaired) electrons. The van der Waals surface area contributed by atoms with E-state index in [1.54, 1.807) is 6.92 Å². The number of halogens is 3. The second-order valence-corrected chi connectivity index (χ2v) is 9.68. The number of rotatable bonds is 4. The highest BCUT2D eigenvalue weighted by Crippen LogP contribution is 2.47. The average Bonchev–Trinajstić information content (AvgIpc) is 2.00. The number of hydrogen-bond acceptors (Lipinski definition) is 2. The van der Waals surface area contributed by atoms with Gasteiger partial charge in [0.05, 0.1) is 0 Å². The smallest absolute Gasteiger partial charge is 0.389 e. The molecule has 6 heteroatoms. The molecule has 0 N–H and O–H groups in total. The van der Waals surface area contributed by atoms with Gasteiger partial charge >= 0.3 is 14.7 Å². The van der Waals surface area contributed by atoms with Gasteiger partial charge in [0.25, 0.3) is 0 Å². The Morgan fingerprint density at radius 2 is 1.44 bits per heavy atom. The first-order valence-corrected chi connectivity index (χ1v) is 7.06. The summed E-state index contributed by atoms with van der Waals surface area (Å²) in [5, 5.41) is -0.402. The van der Waals surface area contributed by atoms with Crippen LogP contribution in [0.4, 0.5) is 13.2 Å². The van der Waals surface area contributed by atoms with Crippen molar-refractivity contribution in [2.75, 3.05) is 14.2 Å². The Morgan fingerprint density at radius 3 is 1.62 bits per heavy atom. The summed E-state index contributed by atoms with van der Waals surface area (Å²) >= 11 is 0. The minimum Gasteiger partial charge on any atom is -0.397 e. The van der Waals surface area contributed by atoms with Crippen LogP contribution in [0, 0.1) is 0 Å². The van der Waals surface area contributed by atoms with Crippen molar-refractivity contribution in [2.45, 2.75) is 50.9 Å². The molecule has 1 unspecified atom stereocenters. The van der Waals surface area contributed by atoms with Crippen molar-refractivity contribution in [1.82, 2.24) is 0 Å². The molecular weight excluding hydrogens is 237 g/mol. The van der Waals surface area contributed by atoms with Crippen molar-refractivity contribution in [2.24, 2.45) is 0 Å². The molecule has 0 saturated carbocycles. The van der Waals surface area contributed by atoms with Crippen molar-refractivity contribution in [3.63, 3.8) is 0 Å². The monoisotopic (exact) mass is 258 g/mol. The molecule has 0 fully saturated rings. The van der Waals surface area contributed by atoms with Crippen LogP contribution >= 0.6 is 0 Å². The summed E-state index contributed by atoms with van der Waals surface area (Å²) in [6, 6.07) is 0. The standard InChI is InChI=1S/C10H21F3O2Si/c1-8(7-10(11,12)13)16(14-5,15-6)9(2,3)4/h8H,7H2,1-6H3. The maximum absolute atomic E-state index is 12.4. The van der Waals surface area contributed by atoms with Gasteiger partial charge in [-0.1, -0.05) is 27.7 Å². The predicted molar refractivity (Wildman–Crippen MR) is 59.6 cm³/mol. The Balaban J connectivity index is 5.06. The predicted octanol–water partition coefficient (Wildman–Crippen LogP) is 3.86. The Kier molecular flexibility index (Phi) is 5.03. The molecule has 98 valence electrons. The van der Waals surface area contributed by atoms with Crippen LogP contribution in [0.1, 0.15) is 34.1 Å². The molecule has 0 rings (SSSR count). The first-order valence-electron chi connectivity index (χ1n) is 5.17. The molecule has 0 aliphatic carbocycles. The fraction of sp³-hybridized carbons (Fsp3) is 1.00. The van der Waals surface area contributed by atoms with Crippen molar-refractivity contribution < 1.29 is 22.0 Å². The largest absolute Gasteiger partial charge is 0.397 e. The van der Waals surface area contributed by atoms with Crippen molar-refractivity contribution in [3.8, 4) is 0 Å². The highest BCUT2D eigenvalue weighted by atomic mass is 28.4. The molecule has 0 amide bonds. The molecule has 0 aliphatic heterocycles. The molecule has 0 aromatic heterocycles. The van der Waals surface area contributed by atoms with Gasteiger partial charge in [-0.15, -0.1) is 0 Å². The quantitative estimate of drug-likeness (QED) is 0.713. The van der Waals surface area contributed by atoms with E-state index in [1.165, 1.54) is 14.2 Å². The third-order valence-corrected chi connectivity index (χ3v) is 7.64. The lowest BCUT2D eigenvalue weighted by Gasteiger charge is -2.43. The Hall–Kier alpha value is -0.0731. The third kappa shape index (κ3) is 3.46. The fourth-order valence-corrected chi connectivity index (χ4v) is 6.49. The molecule has 0 spiro atoms. The van der Waals surface area contributed by atoms with E-state index in [0.717, 1.165) is 0 Å². The van der Waals surface area contributed by atoms with E-state index < -0.39 is 31.7 Å². The van der Waals surface area contributed by atoms with Crippen molar-refractivity contribution in [3.05, 3.63) is 0 Å². The Labute approximate surface area is 96.4 Å². The van der Waals surface area contributed by atoms with Crippen LogP contribution in [0.5, 0.6) is 0 Å². The molecule has 0 aromatic rings. The highest BCUT2D eigenvalue weighted by Gasteiger charge is 2.54. The zero-order valence-electron chi connectivity index (χ0n) is 10.7. The summed E-state index contributed by atoms with van der Waals surface area (Å²) in [5.74, 6) is 0. The van der Waals surface area contributed by atoms with Crippen LogP contribution in [0.3, 0.4) is 0 Å². The van der Waals surface area contributed by atoms with Gasteiger partial charge < -0.3 is 8.85 Å². The average molecular weight is 258 g/mol. The van der Waals surface area contributed by atoms with E-state index in [2.05, 4.69) is 0 Å². The first-order chi connectivity index (χ1) is 7.00. The molecule has 0 bridgehead atoms. The maximum atomic E-state index is 12.4. The highest BCUT2D eigenvalue weighted by molar-refractivity contribution is 6.71. The van der Waals surface area contributed by atoms with Gasteiger partial charge in [0.2, 0.25) is 0 Å². The van der Waals surface area contributed by atoms with Crippen LogP contribution in [-0.2, 0) is 8.85 Å². The maximum Gasteiger partial charge on any atom is 0.389 e. The van der Waals surface area contributed by atoms with Gasteiger partial charge in [-0.3, -0.25) is 0 Å². The lowest BCUT2D eigenvalue weighted by molar-refractivity contribution is -0.136. The fourth-order valence-electron chi connectivity index (χ4n) is 2.32. The molecule has 0 aliphatic rings. The zero-order chi connectivity index (χ0) is 13.2. The van der Waals surface area contributed by atoms with E-state index in [0.29, 0.717) is 0 Å². The van der Waals surface area contributed by atoms with E-state index in [4.69, 9.17) is 8.85 Å². The summed E-state index contributed by atoms with van der Waals surface area (Å²) in [7, 11) is -0.00153. The Morgan fingerprint density at radius 1 is 1.06 bits per heavy atom. The van der Waals surface area contributed by atoms with E-state index in [-0.39, 0.29) is 0 Å². The molecule has 16 heavy (non-hydrogen) atoms. The second-order valence-electron chi connectivity index (χ2n) is 5.05. The summed E-state index contributed by atoms with van der Waals surface area (Å²) in [6.07, 6.45) is -5.04. The van der Waals surface area contributed by atoms with Crippen molar-refractivity contribution in [1.29, 1.82) is 0 Å². The van der Waals surface area contributed by atoms with Gasteiger partial charge in [-0.2, -0.15) is 13.2 Å². The summed E-state index contributed by atoms with van der Waals surface area (Å²) in [6.45, 7) is 7.13. The van der Waals surface area contributed by atoms with Gasteiger partial charge in [-0.05, 0) is 0 Å². The lowest BCUT2D eigenvalue weighted by Crippen LogP contribution is -2.53. The summed E-state index contributed by atoms with van der Waals surface area (Å²) in [4.78, 5) is 0. The molecule has 0 heterocycles. The van der Waals surface area contributed by atoms with Crippen molar-refractivity contribution >= 4 is 8.56 Å². The molecule has 0 saturated heterocycles. The van der Waals surface area contributed by atoms with Crippen LogP contribution in [-0.4, -0.2) is 29.0 Å². The topological polar surface area (TPSA) is 18.5 Å². The van der Waals surface area contributed by atoms with Crippen LogP contribution in [0.15, 0.2) is 0 Å². The normalized spacial score (nSPS) is 16.3. The summed E-state index contributed by atoms with van der Waals surface area (Å²) < 4.78 is 48.0. The molecular formula is C10H21F3O2Si. The van der Waals surface area contributed by atoms with E-state index in [1.807, 2.05) is 20.8 Å². The third-order valence-electron chi connectivity index (χ3n) is 2.84. The SMILES string of the molecule is CO[Si](OC)(C(C)CC(F)(F)F)C(C)(C)C. The van der Waals surface area contributed by atoms with Gasteiger partial charge in [0, 0.05) is 31.2 Å². The van der Waals surface area contributed by atoms with Gasteiger partial charge in [0.1, 0.15) is 0 Å². The summed E-state index contributed by atoms with van der Waals surface area (Å²) in [5.41, 5.74) is -0.637. The zero-order valence-corrected chi connectivity index (χ0v) is 11.7. The molecule has 1 atom stereocenters. The minimum atomic E-state index is -4.18. The minimum absolute atomic E-state index is 0.402. The Bertz CT molecular complexity index is 219. The second kappa shape index (κ2) is 5.06. The first kappa shape index (κ1) is 15.9. The van der Waals surface area contributed by atoms with Crippen LogP contribution < -0.4 is 0 Å². The molecule has 0 aromatic carbocycles. The van der Waals surface area contributed by atoms with E-state index >= 15 is 0 Å². The van der Waals surface area contributed by atoms with Gasteiger partial charge in [-0.25, -0.2) is 0 Å². The number of alkyl halides is 3. The van der Waals surface area contributed by atoms with E-state index in [9.17, 15) is 13.2 Å². The number of hydrogen-bond donors (Lipinski definition) is 0. The van der Waals surface area contributed by atoms with Gasteiger partial charge in [0.15, 0.2) is 0 Å². The molecule has 2 nitrogen and oxygen atoms in total.